The Bertz CT molecular complexity index is 610. The first kappa shape index (κ1) is 13.9. The number of carbonyl (C=O) groups is 1. The molecule has 6 heteroatoms. The number of carboxylic acid groups (broad SMARTS) is 1. The van der Waals surface area contributed by atoms with Gasteiger partial charge in [-0.25, -0.2) is 4.98 Å². The van der Waals surface area contributed by atoms with Crippen LogP contribution in [0.5, 0.6) is 11.5 Å². The fourth-order valence-electron chi connectivity index (χ4n) is 1.90. The summed E-state index contributed by atoms with van der Waals surface area (Å²) < 4.78 is 16.1. The molecule has 1 heterocycles. The number of aryl methyl sites for hydroxylation is 1. The van der Waals surface area contributed by atoms with Crippen LogP contribution in [0.3, 0.4) is 0 Å². The summed E-state index contributed by atoms with van der Waals surface area (Å²) in [5, 5.41) is 8.84. The van der Waals surface area contributed by atoms with Gasteiger partial charge in [-0.05, 0) is 19.1 Å². The topological polar surface area (TPSA) is 81.8 Å². The van der Waals surface area contributed by atoms with E-state index in [0.29, 0.717) is 28.5 Å². The van der Waals surface area contributed by atoms with Gasteiger partial charge in [-0.2, -0.15) is 0 Å². The van der Waals surface area contributed by atoms with E-state index in [1.54, 1.807) is 25.1 Å². The van der Waals surface area contributed by atoms with E-state index in [4.69, 9.17) is 19.0 Å². The molecule has 0 aliphatic rings. The fraction of sp³-hybridized carbons (Fsp3) is 0.286. The third kappa shape index (κ3) is 2.59. The normalized spacial score (nSPS) is 10.3. The SMILES string of the molecule is COc1cccc(OC)c1-c1nc(CC(=O)O)c(C)o1. The van der Waals surface area contributed by atoms with Gasteiger partial charge in [-0.15, -0.1) is 0 Å². The second kappa shape index (κ2) is 5.64. The Balaban J connectivity index is 2.54. The highest BCUT2D eigenvalue weighted by Crippen LogP contribution is 2.38. The van der Waals surface area contributed by atoms with Gasteiger partial charge < -0.3 is 19.0 Å². The summed E-state index contributed by atoms with van der Waals surface area (Å²) >= 11 is 0. The third-order valence-electron chi connectivity index (χ3n) is 2.85. The van der Waals surface area contributed by atoms with Crippen molar-refractivity contribution in [2.45, 2.75) is 13.3 Å². The Hall–Kier alpha value is -2.50. The zero-order valence-electron chi connectivity index (χ0n) is 11.5. The van der Waals surface area contributed by atoms with Crippen molar-refractivity contribution in [1.82, 2.24) is 4.98 Å². The summed E-state index contributed by atoms with van der Waals surface area (Å²) in [5.41, 5.74) is 0.956. The van der Waals surface area contributed by atoms with Crippen LogP contribution in [0.25, 0.3) is 11.5 Å². The molecule has 0 bridgehead atoms. The van der Waals surface area contributed by atoms with Crippen molar-refractivity contribution < 1.29 is 23.8 Å². The second-order valence-electron chi connectivity index (χ2n) is 4.13. The van der Waals surface area contributed by atoms with Crippen LogP contribution in [0.1, 0.15) is 11.5 Å². The molecule has 1 aromatic carbocycles. The summed E-state index contributed by atoms with van der Waals surface area (Å²) in [5.74, 6) is 0.892. The van der Waals surface area contributed by atoms with Crippen molar-refractivity contribution in [3.8, 4) is 23.0 Å². The van der Waals surface area contributed by atoms with E-state index in [2.05, 4.69) is 4.98 Å². The number of aliphatic carboxylic acids is 1. The smallest absolute Gasteiger partial charge is 0.309 e. The molecule has 2 aromatic rings. The van der Waals surface area contributed by atoms with Gasteiger partial charge in [0.1, 0.15) is 22.8 Å². The molecule has 0 radical (unpaired) electrons. The molecule has 20 heavy (non-hydrogen) atoms. The van der Waals surface area contributed by atoms with Gasteiger partial charge in [-0.1, -0.05) is 6.07 Å². The number of carboxylic acids is 1. The first-order valence-corrected chi connectivity index (χ1v) is 5.96. The van der Waals surface area contributed by atoms with Gasteiger partial charge >= 0.3 is 5.97 Å². The largest absolute Gasteiger partial charge is 0.496 e. The molecule has 0 amide bonds. The van der Waals surface area contributed by atoms with Crippen LogP contribution in [0.4, 0.5) is 0 Å². The molecular weight excluding hydrogens is 262 g/mol. The molecule has 106 valence electrons. The minimum Gasteiger partial charge on any atom is -0.496 e. The quantitative estimate of drug-likeness (QED) is 0.903. The maximum Gasteiger partial charge on any atom is 0.309 e. The number of benzene rings is 1. The van der Waals surface area contributed by atoms with Gasteiger partial charge in [0.25, 0.3) is 0 Å². The molecule has 0 saturated heterocycles. The van der Waals surface area contributed by atoms with Crippen LogP contribution in [-0.2, 0) is 11.2 Å². The van der Waals surface area contributed by atoms with Gasteiger partial charge in [0.15, 0.2) is 0 Å². The lowest BCUT2D eigenvalue weighted by atomic mass is 10.1. The third-order valence-corrected chi connectivity index (χ3v) is 2.85. The monoisotopic (exact) mass is 277 g/mol. The Morgan fingerprint density at radius 1 is 1.30 bits per heavy atom. The highest BCUT2D eigenvalue weighted by molar-refractivity contribution is 5.73. The molecule has 0 atom stereocenters. The lowest BCUT2D eigenvalue weighted by molar-refractivity contribution is -0.136. The van der Waals surface area contributed by atoms with E-state index in [0.717, 1.165) is 0 Å². The van der Waals surface area contributed by atoms with Gasteiger partial charge in [0.05, 0.1) is 26.3 Å². The minimum atomic E-state index is -0.958. The number of ether oxygens (including phenoxy) is 2. The molecule has 0 fully saturated rings. The van der Waals surface area contributed by atoms with Crippen LogP contribution in [0.15, 0.2) is 22.6 Å². The van der Waals surface area contributed by atoms with Crippen molar-refractivity contribution in [1.29, 1.82) is 0 Å². The average Bonchev–Trinajstić information content (AvgIpc) is 2.78. The highest BCUT2D eigenvalue weighted by Gasteiger charge is 2.20. The van der Waals surface area contributed by atoms with E-state index >= 15 is 0 Å². The summed E-state index contributed by atoms with van der Waals surface area (Å²) in [4.78, 5) is 15.0. The van der Waals surface area contributed by atoms with Crippen molar-refractivity contribution in [3.05, 3.63) is 29.7 Å². The minimum absolute atomic E-state index is 0.188. The molecule has 1 N–H and O–H groups in total. The predicted molar refractivity (Wildman–Crippen MR) is 71.1 cm³/mol. The summed E-state index contributed by atoms with van der Waals surface area (Å²) in [6, 6.07) is 5.30. The molecule has 2 rings (SSSR count). The van der Waals surface area contributed by atoms with E-state index in [9.17, 15) is 4.79 Å². The number of rotatable bonds is 5. The fourth-order valence-corrected chi connectivity index (χ4v) is 1.90. The predicted octanol–water partition coefficient (Wildman–Crippen LogP) is 2.29. The van der Waals surface area contributed by atoms with Gasteiger partial charge in [-0.3, -0.25) is 4.79 Å². The Morgan fingerprint density at radius 3 is 2.40 bits per heavy atom. The second-order valence-corrected chi connectivity index (χ2v) is 4.13. The van der Waals surface area contributed by atoms with Gasteiger partial charge in [0, 0.05) is 0 Å². The molecule has 6 nitrogen and oxygen atoms in total. The van der Waals surface area contributed by atoms with Crippen molar-refractivity contribution in [2.75, 3.05) is 14.2 Å². The Morgan fingerprint density at radius 2 is 1.90 bits per heavy atom. The molecule has 0 aliphatic heterocycles. The first-order valence-electron chi connectivity index (χ1n) is 5.96. The summed E-state index contributed by atoms with van der Waals surface area (Å²) in [6.07, 6.45) is -0.188. The number of methoxy groups -OCH3 is 2. The number of aromatic nitrogens is 1. The van der Waals surface area contributed by atoms with Crippen LogP contribution >= 0.6 is 0 Å². The molecule has 0 unspecified atom stereocenters. The van der Waals surface area contributed by atoms with E-state index in [-0.39, 0.29) is 12.3 Å². The lowest BCUT2D eigenvalue weighted by Crippen LogP contribution is -2.01. The Kier molecular flexibility index (Phi) is 3.93. The Labute approximate surface area is 116 Å². The molecule has 0 saturated carbocycles. The van der Waals surface area contributed by atoms with Crippen LogP contribution in [-0.4, -0.2) is 30.3 Å². The highest BCUT2D eigenvalue weighted by atomic mass is 16.5. The van der Waals surface area contributed by atoms with Crippen LogP contribution in [0, 0.1) is 6.92 Å². The first-order chi connectivity index (χ1) is 9.56. The van der Waals surface area contributed by atoms with Gasteiger partial charge in [0.2, 0.25) is 5.89 Å². The lowest BCUT2D eigenvalue weighted by Gasteiger charge is -2.09. The standard InChI is InChI=1S/C14H15NO5/c1-8-9(7-12(16)17)15-14(20-8)13-10(18-2)5-4-6-11(13)19-3/h4-6H,7H2,1-3H3,(H,16,17). The molecule has 0 spiro atoms. The van der Waals surface area contributed by atoms with E-state index in [1.165, 1.54) is 14.2 Å². The number of oxazole rings is 1. The van der Waals surface area contributed by atoms with Crippen molar-refractivity contribution >= 4 is 5.97 Å². The summed E-state index contributed by atoms with van der Waals surface area (Å²) in [6.45, 7) is 1.68. The van der Waals surface area contributed by atoms with Crippen LogP contribution < -0.4 is 9.47 Å². The van der Waals surface area contributed by atoms with Crippen molar-refractivity contribution in [3.63, 3.8) is 0 Å². The number of nitrogens with zero attached hydrogens (tertiary/aromatic N) is 1. The van der Waals surface area contributed by atoms with E-state index < -0.39 is 5.97 Å². The van der Waals surface area contributed by atoms with E-state index in [1.807, 2.05) is 0 Å². The van der Waals surface area contributed by atoms with Crippen LogP contribution in [0.2, 0.25) is 0 Å². The zero-order valence-corrected chi connectivity index (χ0v) is 11.5. The number of hydrogen-bond donors (Lipinski definition) is 1. The number of hydrogen-bond acceptors (Lipinski definition) is 5. The zero-order chi connectivity index (χ0) is 14.7. The molecule has 0 aliphatic carbocycles. The molecule has 1 aromatic heterocycles. The van der Waals surface area contributed by atoms with Crippen molar-refractivity contribution in [2.24, 2.45) is 0 Å². The maximum absolute atomic E-state index is 10.8. The summed E-state index contributed by atoms with van der Waals surface area (Å²) in [7, 11) is 3.07. The maximum atomic E-state index is 10.8. The average molecular weight is 277 g/mol. The molecular formula is C14H15NO5.